The summed E-state index contributed by atoms with van der Waals surface area (Å²) in [6.45, 7) is 1.98. The van der Waals surface area contributed by atoms with Gasteiger partial charge in [0.05, 0.1) is 12.8 Å². The smallest absolute Gasteiger partial charge is 0.356 e. The molecule has 0 aliphatic carbocycles. The highest BCUT2D eigenvalue weighted by atomic mass is 16.5. The number of nitrogen functional groups attached to an aromatic ring is 1. The van der Waals surface area contributed by atoms with E-state index in [0.29, 0.717) is 11.4 Å². The summed E-state index contributed by atoms with van der Waals surface area (Å²) in [5, 5.41) is 0.848. The molecule has 0 saturated heterocycles. The number of benzene rings is 1. The van der Waals surface area contributed by atoms with Crippen molar-refractivity contribution in [3.05, 3.63) is 29.5 Å². The molecule has 4 nitrogen and oxygen atoms in total. The van der Waals surface area contributed by atoms with E-state index in [4.69, 9.17) is 5.73 Å². The molecule has 1 aromatic heterocycles. The maximum atomic E-state index is 11.4. The minimum atomic E-state index is -0.443. The number of fused-ring (bicyclic) bond motifs is 1. The number of aromatic amines is 1. The molecule has 0 bridgehead atoms. The fourth-order valence-corrected chi connectivity index (χ4v) is 1.60. The van der Waals surface area contributed by atoms with E-state index in [1.165, 1.54) is 7.11 Å². The van der Waals surface area contributed by atoms with Gasteiger partial charge in [-0.2, -0.15) is 0 Å². The number of hydrogen-bond acceptors (Lipinski definition) is 3. The highest BCUT2D eigenvalue weighted by Crippen LogP contribution is 2.25. The molecular weight excluding hydrogens is 192 g/mol. The van der Waals surface area contributed by atoms with Crippen molar-refractivity contribution in [2.45, 2.75) is 6.92 Å². The Morgan fingerprint density at radius 2 is 2.20 bits per heavy atom. The zero-order chi connectivity index (χ0) is 11.0. The van der Waals surface area contributed by atoms with Gasteiger partial charge in [0.2, 0.25) is 0 Å². The summed E-state index contributed by atoms with van der Waals surface area (Å²) in [5.41, 5.74) is 8.56. The van der Waals surface area contributed by atoms with E-state index in [0.717, 1.165) is 16.5 Å². The second-order valence-electron chi connectivity index (χ2n) is 3.45. The Kier molecular flexibility index (Phi) is 2.11. The summed E-state index contributed by atoms with van der Waals surface area (Å²) in [6, 6.07) is 5.79. The van der Waals surface area contributed by atoms with Crippen LogP contribution in [0.3, 0.4) is 0 Å². The summed E-state index contributed by atoms with van der Waals surface area (Å²) >= 11 is 0. The molecule has 2 aromatic rings. The van der Waals surface area contributed by atoms with Crippen LogP contribution in [0.15, 0.2) is 18.2 Å². The van der Waals surface area contributed by atoms with E-state index in [1.54, 1.807) is 0 Å². The van der Waals surface area contributed by atoms with Crippen molar-refractivity contribution in [2.24, 2.45) is 0 Å². The average molecular weight is 204 g/mol. The minimum Gasteiger partial charge on any atom is -0.464 e. The second kappa shape index (κ2) is 3.31. The van der Waals surface area contributed by atoms with Gasteiger partial charge in [0.1, 0.15) is 5.69 Å². The fourth-order valence-electron chi connectivity index (χ4n) is 1.60. The number of esters is 1. The van der Waals surface area contributed by atoms with Crippen LogP contribution in [0, 0.1) is 6.92 Å². The molecular formula is C11H12N2O2. The Morgan fingerprint density at radius 1 is 1.47 bits per heavy atom. The van der Waals surface area contributed by atoms with Crippen LogP contribution >= 0.6 is 0 Å². The largest absolute Gasteiger partial charge is 0.464 e. The number of carbonyl (C=O) groups excluding carboxylic acids is 1. The minimum absolute atomic E-state index is 0.318. The maximum Gasteiger partial charge on any atom is 0.356 e. The quantitative estimate of drug-likeness (QED) is 0.696. The van der Waals surface area contributed by atoms with E-state index in [1.807, 2.05) is 25.1 Å². The number of aryl methyl sites for hydroxylation is 1. The third-order valence-electron chi connectivity index (χ3n) is 2.38. The van der Waals surface area contributed by atoms with E-state index in [9.17, 15) is 4.79 Å². The normalized spacial score (nSPS) is 10.5. The molecule has 15 heavy (non-hydrogen) atoms. The lowest BCUT2D eigenvalue weighted by Gasteiger charge is -1.95. The van der Waals surface area contributed by atoms with E-state index in [2.05, 4.69) is 9.72 Å². The van der Waals surface area contributed by atoms with Crippen LogP contribution in [-0.2, 0) is 4.74 Å². The molecule has 0 spiro atoms. The zero-order valence-electron chi connectivity index (χ0n) is 8.63. The van der Waals surface area contributed by atoms with Gasteiger partial charge in [-0.15, -0.1) is 0 Å². The van der Waals surface area contributed by atoms with Crippen LogP contribution in [0.1, 0.15) is 16.1 Å². The van der Waals surface area contributed by atoms with Gasteiger partial charge in [0.25, 0.3) is 0 Å². The summed E-state index contributed by atoms with van der Waals surface area (Å²) in [5.74, 6) is -0.443. The Labute approximate surface area is 87.0 Å². The number of anilines is 1. The molecule has 0 fully saturated rings. The highest BCUT2D eigenvalue weighted by molar-refractivity contribution is 6.05. The molecule has 2 rings (SSSR count). The molecule has 3 N–H and O–H groups in total. The number of carbonyl (C=O) groups is 1. The molecule has 0 atom stereocenters. The molecule has 78 valence electrons. The topological polar surface area (TPSA) is 68.1 Å². The number of rotatable bonds is 1. The van der Waals surface area contributed by atoms with Gasteiger partial charge >= 0.3 is 5.97 Å². The van der Waals surface area contributed by atoms with Crippen LogP contribution in [0.5, 0.6) is 0 Å². The average Bonchev–Trinajstić information content (AvgIpc) is 2.54. The van der Waals surface area contributed by atoms with Crippen LogP contribution in [-0.4, -0.2) is 18.1 Å². The lowest BCUT2D eigenvalue weighted by atomic mass is 10.1. The number of nitrogens with one attached hydrogen (secondary N) is 1. The van der Waals surface area contributed by atoms with Crippen LogP contribution < -0.4 is 5.73 Å². The Hall–Kier alpha value is -1.97. The van der Waals surface area contributed by atoms with Crippen molar-refractivity contribution in [1.82, 2.24) is 4.98 Å². The van der Waals surface area contributed by atoms with Crippen LogP contribution in [0.2, 0.25) is 0 Å². The molecule has 0 amide bonds. The van der Waals surface area contributed by atoms with Gasteiger partial charge in [0.15, 0.2) is 0 Å². The van der Waals surface area contributed by atoms with Crippen molar-refractivity contribution in [3.63, 3.8) is 0 Å². The molecule has 1 heterocycles. The number of H-pyrrole nitrogens is 1. The number of nitrogens with two attached hydrogens (primary N) is 1. The van der Waals surface area contributed by atoms with Crippen LogP contribution in [0.25, 0.3) is 10.9 Å². The number of methoxy groups -OCH3 is 1. The van der Waals surface area contributed by atoms with Gasteiger partial charge in [0, 0.05) is 10.9 Å². The first-order chi connectivity index (χ1) is 7.13. The molecule has 0 aliphatic rings. The second-order valence-corrected chi connectivity index (χ2v) is 3.45. The standard InChI is InChI=1S/C11H12N2O2/c1-6-3-4-7-8(5-6)13-10(9(7)12)11(14)15-2/h3-5,13H,12H2,1-2H3. The zero-order valence-corrected chi connectivity index (χ0v) is 8.63. The van der Waals surface area contributed by atoms with Gasteiger partial charge in [-0.3, -0.25) is 0 Å². The summed E-state index contributed by atoms with van der Waals surface area (Å²) in [6.07, 6.45) is 0. The Morgan fingerprint density at radius 3 is 2.87 bits per heavy atom. The lowest BCUT2D eigenvalue weighted by Crippen LogP contribution is -2.04. The van der Waals surface area contributed by atoms with E-state index < -0.39 is 5.97 Å². The predicted molar refractivity (Wildman–Crippen MR) is 58.8 cm³/mol. The molecule has 1 aromatic carbocycles. The number of ether oxygens (including phenoxy) is 1. The first-order valence-corrected chi connectivity index (χ1v) is 4.59. The number of aromatic nitrogens is 1. The molecule has 0 radical (unpaired) electrons. The highest BCUT2D eigenvalue weighted by Gasteiger charge is 2.15. The van der Waals surface area contributed by atoms with Crippen molar-refractivity contribution < 1.29 is 9.53 Å². The van der Waals surface area contributed by atoms with E-state index >= 15 is 0 Å². The first kappa shape index (κ1) is 9.58. The monoisotopic (exact) mass is 204 g/mol. The van der Waals surface area contributed by atoms with Crippen molar-refractivity contribution in [2.75, 3.05) is 12.8 Å². The first-order valence-electron chi connectivity index (χ1n) is 4.59. The molecule has 0 aliphatic heterocycles. The molecule has 0 saturated carbocycles. The van der Waals surface area contributed by atoms with Crippen LogP contribution in [0.4, 0.5) is 5.69 Å². The van der Waals surface area contributed by atoms with Crippen molar-refractivity contribution in [1.29, 1.82) is 0 Å². The van der Waals surface area contributed by atoms with E-state index in [-0.39, 0.29) is 0 Å². The number of hydrogen-bond donors (Lipinski definition) is 2. The summed E-state index contributed by atoms with van der Waals surface area (Å²) in [4.78, 5) is 14.3. The molecule has 4 heteroatoms. The SMILES string of the molecule is COC(=O)c1[nH]c2cc(C)ccc2c1N. The van der Waals surface area contributed by atoms with Gasteiger partial charge < -0.3 is 15.5 Å². The fraction of sp³-hybridized carbons (Fsp3) is 0.182. The maximum absolute atomic E-state index is 11.4. The van der Waals surface area contributed by atoms with Gasteiger partial charge in [-0.05, 0) is 18.6 Å². The van der Waals surface area contributed by atoms with Crippen molar-refractivity contribution >= 4 is 22.6 Å². The third kappa shape index (κ3) is 1.44. The van der Waals surface area contributed by atoms with Gasteiger partial charge in [-0.1, -0.05) is 12.1 Å². The Bertz CT molecular complexity index is 529. The van der Waals surface area contributed by atoms with Crippen molar-refractivity contribution in [3.8, 4) is 0 Å². The predicted octanol–water partition coefficient (Wildman–Crippen LogP) is 1.85. The summed E-state index contributed by atoms with van der Waals surface area (Å²) in [7, 11) is 1.33. The Balaban J connectivity index is 2.69. The third-order valence-corrected chi connectivity index (χ3v) is 2.38. The lowest BCUT2D eigenvalue weighted by molar-refractivity contribution is 0.0596. The van der Waals surface area contributed by atoms with Gasteiger partial charge in [-0.25, -0.2) is 4.79 Å². The molecule has 0 unspecified atom stereocenters. The summed E-state index contributed by atoms with van der Waals surface area (Å²) < 4.78 is 4.63.